The summed E-state index contributed by atoms with van der Waals surface area (Å²) in [4.78, 5) is 13.2. The fourth-order valence-corrected chi connectivity index (χ4v) is 2.82. The van der Waals surface area contributed by atoms with E-state index in [2.05, 4.69) is 27.5 Å². The van der Waals surface area contributed by atoms with Crippen LogP contribution >= 0.6 is 11.6 Å². The Kier molecular flexibility index (Phi) is 6.08. The number of nitrogens with zero attached hydrogens (tertiary/aromatic N) is 4. The first-order valence-electron chi connectivity index (χ1n) is 8.44. The van der Waals surface area contributed by atoms with Crippen molar-refractivity contribution >= 4 is 17.6 Å². The van der Waals surface area contributed by atoms with Crippen molar-refractivity contribution in [3.05, 3.63) is 40.8 Å². The molecule has 0 fully saturated rings. The number of hydrogen-bond acceptors (Lipinski definition) is 6. The van der Waals surface area contributed by atoms with Crippen molar-refractivity contribution in [3.8, 4) is 23.0 Å². The lowest BCUT2D eigenvalue weighted by molar-refractivity contribution is -0.192. The highest BCUT2D eigenvalue weighted by molar-refractivity contribution is 6.33. The third-order valence-electron chi connectivity index (χ3n) is 4.00. The summed E-state index contributed by atoms with van der Waals surface area (Å²) in [5, 5.41) is 19.1. The molecule has 3 aromatic rings. The number of alkyl halides is 3. The third-order valence-corrected chi connectivity index (χ3v) is 4.31. The number of aliphatic carboxylic acids is 1. The Morgan fingerprint density at radius 3 is 2.70 bits per heavy atom. The molecule has 160 valence electrons. The van der Waals surface area contributed by atoms with Gasteiger partial charge in [-0.3, -0.25) is 4.68 Å². The first kappa shape index (κ1) is 21.7. The van der Waals surface area contributed by atoms with E-state index in [0.717, 1.165) is 18.8 Å². The monoisotopic (exact) mass is 447 g/mol. The Hall–Kier alpha value is -2.99. The van der Waals surface area contributed by atoms with Gasteiger partial charge in [0.25, 0.3) is 5.89 Å². The first-order chi connectivity index (χ1) is 14.0. The molecule has 3 heterocycles. The minimum atomic E-state index is -5.08. The quantitative estimate of drug-likeness (QED) is 0.579. The maximum absolute atomic E-state index is 13.1. The molecular formula is C17H14ClF4N5O3. The lowest BCUT2D eigenvalue weighted by Crippen LogP contribution is -2.36. The predicted molar refractivity (Wildman–Crippen MR) is 95.9 cm³/mol. The average Bonchev–Trinajstić information content (AvgIpc) is 3.27. The number of benzene rings is 1. The van der Waals surface area contributed by atoms with E-state index in [1.807, 2.05) is 10.7 Å². The molecule has 2 N–H and O–H groups in total. The van der Waals surface area contributed by atoms with E-state index < -0.39 is 18.0 Å². The highest BCUT2D eigenvalue weighted by Gasteiger charge is 2.38. The summed E-state index contributed by atoms with van der Waals surface area (Å²) >= 11 is 6.03. The maximum atomic E-state index is 13.1. The number of hydrogen-bond donors (Lipinski definition) is 2. The minimum Gasteiger partial charge on any atom is -0.475 e. The van der Waals surface area contributed by atoms with Crippen molar-refractivity contribution < 1.29 is 32.0 Å². The Morgan fingerprint density at radius 1 is 1.37 bits per heavy atom. The molecule has 0 spiro atoms. The number of rotatable bonds is 2. The zero-order chi connectivity index (χ0) is 22.1. The van der Waals surface area contributed by atoms with Gasteiger partial charge in [-0.25, -0.2) is 9.18 Å². The zero-order valence-electron chi connectivity index (χ0n) is 15.2. The summed E-state index contributed by atoms with van der Waals surface area (Å²) in [5.41, 5.74) is 2.20. The Bertz CT molecular complexity index is 1070. The van der Waals surface area contributed by atoms with Crippen LogP contribution in [0.4, 0.5) is 17.6 Å². The summed E-state index contributed by atoms with van der Waals surface area (Å²) in [7, 11) is 0. The zero-order valence-corrected chi connectivity index (χ0v) is 16.0. The normalized spacial score (nSPS) is 15.9. The molecule has 1 aliphatic rings. The van der Waals surface area contributed by atoms with Crippen LogP contribution in [0.15, 0.2) is 28.8 Å². The van der Waals surface area contributed by atoms with Crippen molar-refractivity contribution in [1.29, 1.82) is 0 Å². The van der Waals surface area contributed by atoms with Gasteiger partial charge in [0.1, 0.15) is 5.82 Å². The molecule has 0 aliphatic carbocycles. The lowest BCUT2D eigenvalue weighted by atomic mass is 10.2. The molecule has 1 atom stereocenters. The summed E-state index contributed by atoms with van der Waals surface area (Å²) in [5.74, 6) is -2.55. The minimum absolute atomic E-state index is 0.236. The number of carbonyl (C=O) groups is 1. The molecule has 1 aliphatic heterocycles. The van der Waals surface area contributed by atoms with E-state index in [1.54, 1.807) is 0 Å². The number of fused-ring (bicyclic) bond motifs is 1. The number of carboxylic acids is 1. The maximum Gasteiger partial charge on any atom is 0.490 e. The summed E-state index contributed by atoms with van der Waals surface area (Å²) in [6, 6.07) is 6.33. The second-order valence-electron chi connectivity index (χ2n) is 6.34. The number of halogens is 5. The molecule has 0 saturated heterocycles. The van der Waals surface area contributed by atoms with Crippen LogP contribution < -0.4 is 5.32 Å². The van der Waals surface area contributed by atoms with E-state index in [-0.39, 0.29) is 5.02 Å². The van der Waals surface area contributed by atoms with Crippen molar-refractivity contribution in [2.75, 3.05) is 0 Å². The molecule has 30 heavy (non-hydrogen) atoms. The SMILES string of the molecule is CC1Cn2nc(-c3nc(-c4ccc(F)cc4Cl)no3)cc2CN1.O=C(O)C(F)(F)F. The van der Waals surface area contributed by atoms with Gasteiger partial charge in [-0.1, -0.05) is 16.8 Å². The summed E-state index contributed by atoms with van der Waals surface area (Å²) in [6.07, 6.45) is -5.08. The molecule has 0 bridgehead atoms. The van der Waals surface area contributed by atoms with E-state index >= 15 is 0 Å². The molecule has 1 aromatic carbocycles. The van der Waals surface area contributed by atoms with Gasteiger partial charge < -0.3 is 14.9 Å². The van der Waals surface area contributed by atoms with Crippen molar-refractivity contribution in [1.82, 2.24) is 25.2 Å². The van der Waals surface area contributed by atoms with Gasteiger partial charge in [0, 0.05) is 18.2 Å². The first-order valence-corrected chi connectivity index (χ1v) is 8.82. The Morgan fingerprint density at radius 2 is 2.07 bits per heavy atom. The summed E-state index contributed by atoms with van der Waals surface area (Å²) in [6.45, 7) is 3.64. The number of aromatic nitrogens is 4. The van der Waals surface area contributed by atoms with Crippen LogP contribution in [0.25, 0.3) is 23.0 Å². The third kappa shape index (κ3) is 4.94. The van der Waals surface area contributed by atoms with Gasteiger partial charge in [0.05, 0.1) is 17.3 Å². The largest absolute Gasteiger partial charge is 0.490 e. The molecule has 8 nitrogen and oxygen atoms in total. The Labute approximate surface area is 171 Å². The number of nitrogens with one attached hydrogen (secondary N) is 1. The molecule has 4 rings (SSSR count). The topological polar surface area (TPSA) is 106 Å². The smallest absolute Gasteiger partial charge is 0.475 e. The molecule has 1 unspecified atom stereocenters. The van der Waals surface area contributed by atoms with Gasteiger partial charge in [-0.15, -0.1) is 0 Å². The second-order valence-corrected chi connectivity index (χ2v) is 6.74. The van der Waals surface area contributed by atoms with Crippen LogP contribution in [0.2, 0.25) is 5.02 Å². The van der Waals surface area contributed by atoms with Gasteiger partial charge in [-0.05, 0) is 31.2 Å². The Balaban J connectivity index is 0.000000318. The fraction of sp³-hybridized carbons (Fsp3) is 0.294. The predicted octanol–water partition coefficient (Wildman–Crippen LogP) is 3.52. The van der Waals surface area contributed by atoms with Gasteiger partial charge >= 0.3 is 12.1 Å². The second kappa shape index (κ2) is 8.40. The molecule has 0 saturated carbocycles. The van der Waals surface area contributed by atoms with Gasteiger partial charge in [0.2, 0.25) is 5.82 Å². The van der Waals surface area contributed by atoms with E-state index in [9.17, 15) is 17.6 Å². The van der Waals surface area contributed by atoms with Crippen LogP contribution in [0.1, 0.15) is 12.6 Å². The molecule has 0 radical (unpaired) electrons. The standard InChI is InChI=1S/C15H13ClFN5O.C2HF3O2/c1-8-7-22-10(6-18-8)5-13(20-22)15-19-14(21-23-15)11-3-2-9(17)4-12(11)16;3-2(4,5)1(6)7/h2-5,8,18H,6-7H2,1H3;(H,6,7). The van der Waals surface area contributed by atoms with Crippen LogP contribution in [0.5, 0.6) is 0 Å². The van der Waals surface area contributed by atoms with Crippen molar-refractivity contribution in [3.63, 3.8) is 0 Å². The summed E-state index contributed by atoms with van der Waals surface area (Å²) < 4.78 is 52.1. The fourth-order valence-electron chi connectivity index (χ4n) is 2.57. The van der Waals surface area contributed by atoms with Crippen LogP contribution in [-0.4, -0.2) is 43.2 Å². The average molecular weight is 448 g/mol. The highest BCUT2D eigenvalue weighted by Crippen LogP contribution is 2.28. The van der Waals surface area contributed by atoms with Gasteiger partial charge in [0.15, 0.2) is 5.69 Å². The molecule has 13 heteroatoms. The van der Waals surface area contributed by atoms with Gasteiger partial charge in [-0.2, -0.15) is 23.3 Å². The van der Waals surface area contributed by atoms with Crippen molar-refractivity contribution in [2.45, 2.75) is 32.2 Å². The molecular weight excluding hydrogens is 434 g/mol. The van der Waals surface area contributed by atoms with Crippen LogP contribution in [-0.2, 0) is 17.9 Å². The van der Waals surface area contributed by atoms with E-state index in [1.165, 1.54) is 18.2 Å². The van der Waals surface area contributed by atoms with E-state index in [0.29, 0.717) is 29.0 Å². The number of carboxylic acid groups (broad SMARTS) is 1. The molecule has 0 amide bonds. The molecule has 2 aromatic heterocycles. The van der Waals surface area contributed by atoms with Crippen LogP contribution in [0.3, 0.4) is 0 Å². The van der Waals surface area contributed by atoms with E-state index in [4.69, 9.17) is 26.0 Å². The van der Waals surface area contributed by atoms with Crippen LogP contribution in [0, 0.1) is 5.82 Å². The highest BCUT2D eigenvalue weighted by atomic mass is 35.5. The van der Waals surface area contributed by atoms with Crippen molar-refractivity contribution in [2.24, 2.45) is 0 Å². The lowest BCUT2D eigenvalue weighted by Gasteiger charge is -2.21.